The number of hydrazone groups is 1. The quantitative estimate of drug-likeness (QED) is 0.670. The lowest BCUT2D eigenvalue weighted by Crippen LogP contribution is -2.17. The largest absolute Gasteiger partial charge is 0.271 e. The highest BCUT2D eigenvalue weighted by Crippen LogP contribution is 2.05. The van der Waals surface area contributed by atoms with Crippen molar-refractivity contribution in [1.82, 2.24) is 5.43 Å². The summed E-state index contributed by atoms with van der Waals surface area (Å²) >= 11 is 0. The first kappa shape index (κ1) is 14.7. The maximum Gasteiger partial charge on any atom is 0.271 e. The van der Waals surface area contributed by atoms with Crippen LogP contribution in [0.4, 0.5) is 0 Å². The Morgan fingerprint density at radius 2 is 1.71 bits per heavy atom. The SMILES string of the molecule is CC(/C=N\NC(=O)c1ccc(C)cc1)=C\c1ccccc1. The van der Waals surface area contributed by atoms with E-state index in [-0.39, 0.29) is 5.91 Å². The first-order valence-electron chi connectivity index (χ1n) is 6.78. The van der Waals surface area contributed by atoms with Crippen LogP contribution in [-0.4, -0.2) is 12.1 Å². The minimum absolute atomic E-state index is 0.209. The fourth-order valence-corrected chi connectivity index (χ4v) is 1.81. The van der Waals surface area contributed by atoms with Crippen LogP contribution in [0.15, 0.2) is 65.3 Å². The molecule has 0 atom stereocenters. The van der Waals surface area contributed by atoms with Gasteiger partial charge in [-0.05, 0) is 37.1 Å². The monoisotopic (exact) mass is 278 g/mol. The number of carbonyl (C=O) groups excluding carboxylic acids is 1. The summed E-state index contributed by atoms with van der Waals surface area (Å²) in [5.41, 5.74) is 6.31. The molecule has 2 aromatic rings. The highest BCUT2D eigenvalue weighted by atomic mass is 16.2. The van der Waals surface area contributed by atoms with E-state index >= 15 is 0 Å². The van der Waals surface area contributed by atoms with Crippen LogP contribution in [0.5, 0.6) is 0 Å². The van der Waals surface area contributed by atoms with Gasteiger partial charge in [0.25, 0.3) is 5.91 Å². The molecule has 0 aliphatic heterocycles. The van der Waals surface area contributed by atoms with E-state index in [0.29, 0.717) is 5.56 Å². The van der Waals surface area contributed by atoms with Crippen LogP contribution in [0, 0.1) is 6.92 Å². The van der Waals surface area contributed by atoms with E-state index < -0.39 is 0 Å². The summed E-state index contributed by atoms with van der Waals surface area (Å²) in [5, 5.41) is 3.97. The zero-order chi connectivity index (χ0) is 15.1. The van der Waals surface area contributed by atoms with Crippen molar-refractivity contribution >= 4 is 18.2 Å². The Bertz CT molecular complexity index is 655. The number of carbonyl (C=O) groups is 1. The molecule has 2 aromatic carbocycles. The van der Waals surface area contributed by atoms with E-state index in [4.69, 9.17) is 0 Å². The van der Waals surface area contributed by atoms with Gasteiger partial charge in [-0.25, -0.2) is 5.43 Å². The molecule has 0 unspecified atom stereocenters. The van der Waals surface area contributed by atoms with Crippen molar-refractivity contribution < 1.29 is 4.79 Å². The van der Waals surface area contributed by atoms with Gasteiger partial charge < -0.3 is 0 Å². The standard InChI is InChI=1S/C18H18N2O/c1-14-8-10-17(11-9-14)18(21)20-19-13-15(2)12-16-6-4-3-5-7-16/h3-13H,1-2H3,(H,20,21)/b15-12+,19-13-. The summed E-state index contributed by atoms with van der Waals surface area (Å²) in [7, 11) is 0. The van der Waals surface area contributed by atoms with Crippen LogP contribution in [-0.2, 0) is 0 Å². The number of nitrogens with one attached hydrogen (secondary N) is 1. The fourth-order valence-electron chi connectivity index (χ4n) is 1.81. The van der Waals surface area contributed by atoms with Crippen molar-refractivity contribution in [3.05, 3.63) is 76.9 Å². The average Bonchev–Trinajstić information content (AvgIpc) is 2.49. The summed E-state index contributed by atoms with van der Waals surface area (Å²) in [6, 6.07) is 17.3. The van der Waals surface area contributed by atoms with E-state index in [0.717, 1.165) is 16.7 Å². The number of aryl methyl sites for hydroxylation is 1. The van der Waals surface area contributed by atoms with Crippen LogP contribution in [0.2, 0.25) is 0 Å². The number of hydrogen-bond donors (Lipinski definition) is 1. The van der Waals surface area contributed by atoms with Crippen LogP contribution < -0.4 is 5.43 Å². The van der Waals surface area contributed by atoms with E-state index in [2.05, 4.69) is 10.5 Å². The average molecular weight is 278 g/mol. The molecular formula is C18H18N2O. The Morgan fingerprint density at radius 3 is 2.38 bits per heavy atom. The molecule has 0 saturated carbocycles. The minimum Gasteiger partial charge on any atom is -0.267 e. The highest BCUT2D eigenvalue weighted by molar-refractivity contribution is 5.95. The molecule has 0 saturated heterocycles. The molecular weight excluding hydrogens is 260 g/mol. The molecule has 0 spiro atoms. The lowest BCUT2D eigenvalue weighted by atomic mass is 10.1. The summed E-state index contributed by atoms with van der Waals surface area (Å²) in [4.78, 5) is 11.9. The number of amides is 1. The Morgan fingerprint density at radius 1 is 1.05 bits per heavy atom. The number of benzene rings is 2. The lowest BCUT2D eigenvalue weighted by Gasteiger charge is -2.00. The summed E-state index contributed by atoms with van der Waals surface area (Å²) in [5.74, 6) is -0.209. The van der Waals surface area contributed by atoms with Crippen molar-refractivity contribution in [2.45, 2.75) is 13.8 Å². The second kappa shape index (κ2) is 7.20. The van der Waals surface area contributed by atoms with Crippen molar-refractivity contribution in [2.24, 2.45) is 5.10 Å². The van der Waals surface area contributed by atoms with Gasteiger partial charge in [-0.3, -0.25) is 4.79 Å². The van der Waals surface area contributed by atoms with Gasteiger partial charge in [-0.15, -0.1) is 0 Å². The lowest BCUT2D eigenvalue weighted by molar-refractivity contribution is 0.0955. The van der Waals surface area contributed by atoms with E-state index in [1.54, 1.807) is 18.3 Å². The molecule has 0 heterocycles. The van der Waals surface area contributed by atoms with Gasteiger partial charge in [0.2, 0.25) is 0 Å². The Hall–Kier alpha value is -2.68. The van der Waals surface area contributed by atoms with Gasteiger partial charge in [-0.2, -0.15) is 5.10 Å². The van der Waals surface area contributed by atoms with Crippen LogP contribution in [0.3, 0.4) is 0 Å². The van der Waals surface area contributed by atoms with Crippen molar-refractivity contribution in [3.8, 4) is 0 Å². The molecule has 21 heavy (non-hydrogen) atoms. The normalized spacial score (nSPS) is 11.6. The predicted molar refractivity (Wildman–Crippen MR) is 87.2 cm³/mol. The minimum atomic E-state index is -0.209. The molecule has 3 heteroatoms. The molecule has 0 aromatic heterocycles. The van der Waals surface area contributed by atoms with E-state index in [1.165, 1.54) is 0 Å². The van der Waals surface area contributed by atoms with Gasteiger partial charge in [0.1, 0.15) is 0 Å². The van der Waals surface area contributed by atoms with Gasteiger partial charge >= 0.3 is 0 Å². The van der Waals surface area contributed by atoms with Crippen molar-refractivity contribution in [3.63, 3.8) is 0 Å². The number of hydrogen-bond acceptors (Lipinski definition) is 2. The van der Waals surface area contributed by atoms with Gasteiger partial charge in [0.05, 0.1) is 6.21 Å². The summed E-state index contributed by atoms with van der Waals surface area (Å²) < 4.78 is 0. The molecule has 1 amide bonds. The third-order valence-electron chi connectivity index (χ3n) is 2.94. The molecule has 0 aliphatic rings. The van der Waals surface area contributed by atoms with Gasteiger partial charge in [-0.1, -0.05) is 54.1 Å². The molecule has 106 valence electrons. The number of allylic oxidation sites excluding steroid dienone is 1. The van der Waals surface area contributed by atoms with Crippen LogP contribution in [0.25, 0.3) is 6.08 Å². The summed E-state index contributed by atoms with van der Waals surface area (Å²) in [6.45, 7) is 3.92. The van der Waals surface area contributed by atoms with E-state index in [1.807, 2.05) is 62.4 Å². The molecule has 2 rings (SSSR count). The molecule has 0 fully saturated rings. The first-order valence-corrected chi connectivity index (χ1v) is 6.78. The smallest absolute Gasteiger partial charge is 0.267 e. The molecule has 1 N–H and O–H groups in total. The van der Waals surface area contributed by atoms with E-state index in [9.17, 15) is 4.79 Å². The number of nitrogens with zero attached hydrogens (tertiary/aromatic N) is 1. The maximum atomic E-state index is 11.9. The van der Waals surface area contributed by atoms with Crippen molar-refractivity contribution in [1.29, 1.82) is 0 Å². The maximum absolute atomic E-state index is 11.9. The second-order valence-electron chi connectivity index (χ2n) is 4.86. The predicted octanol–water partition coefficient (Wildman–Crippen LogP) is 3.81. The first-order chi connectivity index (χ1) is 10.1. The highest BCUT2D eigenvalue weighted by Gasteiger charge is 2.02. The van der Waals surface area contributed by atoms with Crippen LogP contribution >= 0.6 is 0 Å². The molecule has 0 radical (unpaired) electrons. The third kappa shape index (κ3) is 4.73. The molecule has 0 bridgehead atoms. The Kier molecular flexibility index (Phi) is 5.04. The second-order valence-corrected chi connectivity index (χ2v) is 4.86. The topological polar surface area (TPSA) is 41.5 Å². The molecule has 0 aliphatic carbocycles. The Balaban J connectivity index is 1.94. The number of rotatable bonds is 4. The fraction of sp³-hybridized carbons (Fsp3) is 0.111. The van der Waals surface area contributed by atoms with Crippen molar-refractivity contribution in [2.75, 3.05) is 0 Å². The Labute approximate surface area is 125 Å². The third-order valence-corrected chi connectivity index (χ3v) is 2.94. The van der Waals surface area contributed by atoms with Crippen LogP contribution in [0.1, 0.15) is 28.4 Å². The van der Waals surface area contributed by atoms with Gasteiger partial charge in [0.15, 0.2) is 0 Å². The van der Waals surface area contributed by atoms with Gasteiger partial charge in [0, 0.05) is 5.56 Å². The zero-order valence-electron chi connectivity index (χ0n) is 12.2. The molecule has 3 nitrogen and oxygen atoms in total. The summed E-state index contributed by atoms with van der Waals surface area (Å²) in [6.07, 6.45) is 3.64. The zero-order valence-corrected chi connectivity index (χ0v) is 12.2.